The lowest BCUT2D eigenvalue weighted by Crippen LogP contribution is -2.36. The standard InChI is InChI=1S/C18H28N4O3/c1-4-17(23)19-15-7-6-14(25-3)12-16(15)20-18(24)13-22-9-5-8-21(2)10-11-22/h6-7,12H,4-5,8-11,13H2,1-3H3,(H,19,23)(H,20,24). The molecule has 7 heteroatoms. The third-order valence-corrected chi connectivity index (χ3v) is 4.28. The molecule has 1 saturated heterocycles. The van der Waals surface area contributed by atoms with E-state index in [0.717, 1.165) is 32.6 Å². The van der Waals surface area contributed by atoms with Crippen LogP contribution >= 0.6 is 0 Å². The number of hydrogen-bond donors (Lipinski definition) is 2. The van der Waals surface area contributed by atoms with Crippen LogP contribution in [0, 0.1) is 0 Å². The number of anilines is 2. The average Bonchev–Trinajstić information content (AvgIpc) is 2.80. The van der Waals surface area contributed by atoms with Crippen molar-refractivity contribution in [1.29, 1.82) is 0 Å². The first-order valence-electron chi connectivity index (χ1n) is 8.70. The Kier molecular flexibility index (Phi) is 7.21. The molecular weight excluding hydrogens is 320 g/mol. The highest BCUT2D eigenvalue weighted by Crippen LogP contribution is 2.27. The maximum atomic E-state index is 12.5. The van der Waals surface area contributed by atoms with Crippen molar-refractivity contribution in [2.24, 2.45) is 0 Å². The van der Waals surface area contributed by atoms with Crippen molar-refractivity contribution < 1.29 is 14.3 Å². The number of carbonyl (C=O) groups excluding carboxylic acids is 2. The number of benzene rings is 1. The van der Waals surface area contributed by atoms with Crippen LogP contribution in [-0.4, -0.2) is 68.5 Å². The number of carbonyl (C=O) groups is 2. The van der Waals surface area contributed by atoms with Gasteiger partial charge < -0.3 is 20.3 Å². The van der Waals surface area contributed by atoms with Gasteiger partial charge in [-0.1, -0.05) is 6.92 Å². The van der Waals surface area contributed by atoms with E-state index >= 15 is 0 Å². The molecule has 0 aromatic heterocycles. The van der Waals surface area contributed by atoms with E-state index in [-0.39, 0.29) is 11.8 Å². The SMILES string of the molecule is CCC(=O)Nc1ccc(OC)cc1NC(=O)CN1CCCN(C)CC1. The molecule has 0 spiro atoms. The average molecular weight is 348 g/mol. The first-order valence-corrected chi connectivity index (χ1v) is 8.70. The number of methoxy groups -OCH3 is 1. The zero-order valence-corrected chi connectivity index (χ0v) is 15.3. The summed E-state index contributed by atoms with van der Waals surface area (Å²) in [5, 5.41) is 5.71. The fourth-order valence-electron chi connectivity index (χ4n) is 2.75. The Morgan fingerprint density at radius 3 is 2.56 bits per heavy atom. The molecule has 138 valence electrons. The molecule has 7 nitrogen and oxygen atoms in total. The number of amides is 2. The van der Waals surface area contributed by atoms with Gasteiger partial charge in [0.25, 0.3) is 0 Å². The zero-order valence-electron chi connectivity index (χ0n) is 15.3. The highest BCUT2D eigenvalue weighted by atomic mass is 16.5. The van der Waals surface area contributed by atoms with Crippen LogP contribution in [0.2, 0.25) is 0 Å². The minimum Gasteiger partial charge on any atom is -0.497 e. The van der Waals surface area contributed by atoms with Gasteiger partial charge in [0.1, 0.15) is 5.75 Å². The third-order valence-electron chi connectivity index (χ3n) is 4.28. The largest absolute Gasteiger partial charge is 0.497 e. The Morgan fingerprint density at radius 1 is 1.08 bits per heavy atom. The quantitative estimate of drug-likeness (QED) is 0.817. The monoisotopic (exact) mass is 348 g/mol. The number of hydrogen-bond acceptors (Lipinski definition) is 5. The molecule has 0 radical (unpaired) electrons. The fraction of sp³-hybridized carbons (Fsp3) is 0.556. The van der Waals surface area contributed by atoms with E-state index in [1.165, 1.54) is 0 Å². The van der Waals surface area contributed by atoms with E-state index in [2.05, 4.69) is 27.5 Å². The first-order chi connectivity index (χ1) is 12.0. The molecule has 0 bridgehead atoms. The van der Waals surface area contributed by atoms with Crippen molar-refractivity contribution in [2.45, 2.75) is 19.8 Å². The summed E-state index contributed by atoms with van der Waals surface area (Å²) in [6.45, 7) is 5.93. The number of ether oxygens (including phenoxy) is 1. The fourth-order valence-corrected chi connectivity index (χ4v) is 2.75. The van der Waals surface area contributed by atoms with Crippen LogP contribution in [0.5, 0.6) is 5.75 Å². The molecule has 1 aliphatic rings. The van der Waals surface area contributed by atoms with Crippen molar-refractivity contribution in [3.8, 4) is 5.75 Å². The van der Waals surface area contributed by atoms with Crippen LogP contribution in [0.25, 0.3) is 0 Å². The van der Waals surface area contributed by atoms with Crippen LogP contribution < -0.4 is 15.4 Å². The Hall–Kier alpha value is -2.12. The summed E-state index contributed by atoms with van der Waals surface area (Å²) < 4.78 is 5.22. The van der Waals surface area contributed by atoms with Gasteiger partial charge in [-0.2, -0.15) is 0 Å². The first kappa shape index (κ1) is 19.2. The van der Waals surface area contributed by atoms with E-state index in [1.807, 2.05) is 0 Å². The van der Waals surface area contributed by atoms with Gasteiger partial charge in [0.2, 0.25) is 11.8 Å². The van der Waals surface area contributed by atoms with Crippen LogP contribution in [0.3, 0.4) is 0 Å². The van der Waals surface area contributed by atoms with Crippen LogP contribution in [0.15, 0.2) is 18.2 Å². The van der Waals surface area contributed by atoms with Crippen molar-refractivity contribution in [3.63, 3.8) is 0 Å². The predicted octanol–water partition coefficient (Wildman–Crippen LogP) is 1.62. The molecule has 1 fully saturated rings. The topological polar surface area (TPSA) is 73.9 Å². The molecule has 2 N–H and O–H groups in total. The lowest BCUT2D eigenvalue weighted by Gasteiger charge is -2.20. The van der Waals surface area contributed by atoms with Gasteiger partial charge in [-0.15, -0.1) is 0 Å². The minimum absolute atomic E-state index is 0.0928. The van der Waals surface area contributed by atoms with Crippen LogP contribution in [0.1, 0.15) is 19.8 Å². The Labute approximate surface area is 149 Å². The molecule has 0 unspecified atom stereocenters. The Balaban J connectivity index is 2.03. The van der Waals surface area contributed by atoms with Crippen molar-refractivity contribution in [2.75, 3.05) is 57.5 Å². The molecule has 0 atom stereocenters. The van der Waals surface area contributed by atoms with E-state index in [1.54, 1.807) is 32.2 Å². The maximum Gasteiger partial charge on any atom is 0.238 e. The van der Waals surface area contributed by atoms with E-state index in [4.69, 9.17) is 4.74 Å². The summed E-state index contributed by atoms with van der Waals surface area (Å²) in [6, 6.07) is 5.22. The van der Waals surface area contributed by atoms with E-state index in [9.17, 15) is 9.59 Å². The van der Waals surface area contributed by atoms with Gasteiger partial charge in [-0.3, -0.25) is 14.5 Å². The summed E-state index contributed by atoms with van der Waals surface area (Å²) in [5.41, 5.74) is 1.13. The van der Waals surface area contributed by atoms with Crippen molar-refractivity contribution >= 4 is 23.2 Å². The second kappa shape index (κ2) is 9.39. The smallest absolute Gasteiger partial charge is 0.238 e. The summed E-state index contributed by atoms with van der Waals surface area (Å²) in [6.07, 6.45) is 1.43. The number of rotatable bonds is 6. The maximum absolute atomic E-state index is 12.5. The Bertz CT molecular complexity index is 606. The third kappa shape index (κ3) is 6.03. The number of nitrogens with one attached hydrogen (secondary N) is 2. The molecule has 1 aliphatic heterocycles. The molecular formula is C18H28N4O3. The van der Waals surface area contributed by atoms with Gasteiger partial charge in [0, 0.05) is 25.6 Å². The van der Waals surface area contributed by atoms with Crippen molar-refractivity contribution in [3.05, 3.63) is 18.2 Å². The summed E-state index contributed by atoms with van der Waals surface area (Å²) >= 11 is 0. The molecule has 1 heterocycles. The lowest BCUT2D eigenvalue weighted by atomic mass is 10.2. The lowest BCUT2D eigenvalue weighted by molar-refractivity contribution is -0.117. The summed E-state index contributed by atoms with van der Waals surface area (Å²) in [7, 11) is 3.67. The van der Waals surface area contributed by atoms with Gasteiger partial charge in [-0.05, 0) is 38.7 Å². The van der Waals surface area contributed by atoms with Crippen molar-refractivity contribution in [1.82, 2.24) is 9.80 Å². The van der Waals surface area contributed by atoms with Crippen LogP contribution in [0.4, 0.5) is 11.4 Å². The highest BCUT2D eigenvalue weighted by Gasteiger charge is 2.16. The number of likely N-dealkylation sites (N-methyl/N-ethyl adjacent to an activating group) is 1. The molecule has 1 aromatic carbocycles. The minimum atomic E-state index is -0.101. The summed E-state index contributed by atoms with van der Waals surface area (Å²) in [4.78, 5) is 28.6. The van der Waals surface area contributed by atoms with Gasteiger partial charge in [0.05, 0.1) is 25.0 Å². The second-order valence-corrected chi connectivity index (χ2v) is 6.29. The molecule has 25 heavy (non-hydrogen) atoms. The molecule has 1 aromatic rings. The zero-order chi connectivity index (χ0) is 18.2. The predicted molar refractivity (Wildman–Crippen MR) is 99.1 cm³/mol. The van der Waals surface area contributed by atoms with Gasteiger partial charge >= 0.3 is 0 Å². The summed E-state index contributed by atoms with van der Waals surface area (Å²) in [5.74, 6) is 0.433. The highest BCUT2D eigenvalue weighted by molar-refractivity contribution is 6.00. The Morgan fingerprint density at radius 2 is 1.84 bits per heavy atom. The van der Waals surface area contributed by atoms with Gasteiger partial charge in [-0.25, -0.2) is 0 Å². The van der Waals surface area contributed by atoms with E-state index in [0.29, 0.717) is 30.1 Å². The number of nitrogens with zero attached hydrogens (tertiary/aromatic N) is 2. The molecule has 0 aliphatic carbocycles. The second-order valence-electron chi connectivity index (χ2n) is 6.29. The van der Waals surface area contributed by atoms with E-state index < -0.39 is 0 Å². The molecule has 2 amide bonds. The normalized spacial score (nSPS) is 16.1. The van der Waals surface area contributed by atoms with Gasteiger partial charge in [0.15, 0.2) is 0 Å². The molecule has 0 saturated carbocycles. The molecule has 2 rings (SSSR count). The van der Waals surface area contributed by atoms with Crippen LogP contribution in [-0.2, 0) is 9.59 Å².